The van der Waals surface area contributed by atoms with Gasteiger partial charge < -0.3 is 9.84 Å². The molecular weight excluding hydrogens is 250 g/mol. The van der Waals surface area contributed by atoms with Crippen molar-refractivity contribution < 1.29 is 18.6 Å². The number of rotatable bonds is 3. The maximum atomic E-state index is 13.8. The minimum absolute atomic E-state index is 0.0384. The molecule has 1 unspecified atom stereocenters. The monoisotopic (exact) mass is 264 g/mol. The summed E-state index contributed by atoms with van der Waals surface area (Å²) in [6.45, 7) is 3.12. The Balaban J connectivity index is 2.40. The van der Waals surface area contributed by atoms with E-state index in [0.717, 1.165) is 0 Å². The summed E-state index contributed by atoms with van der Waals surface area (Å²) in [5, 5.41) is 9.60. The maximum Gasteiger partial charge on any atom is 0.168 e. The van der Waals surface area contributed by atoms with E-state index < -0.39 is 11.9 Å². The van der Waals surface area contributed by atoms with Crippen LogP contribution in [0.1, 0.15) is 24.2 Å². The van der Waals surface area contributed by atoms with Gasteiger partial charge in [-0.3, -0.25) is 0 Å². The second kappa shape index (κ2) is 5.36. The van der Waals surface area contributed by atoms with Crippen LogP contribution in [0.2, 0.25) is 0 Å². The molecule has 0 amide bonds. The molecule has 1 atom stereocenters. The molecule has 0 saturated carbocycles. The zero-order valence-electron chi connectivity index (χ0n) is 10.7. The van der Waals surface area contributed by atoms with E-state index in [4.69, 9.17) is 4.74 Å². The summed E-state index contributed by atoms with van der Waals surface area (Å²) < 4.78 is 32.4. The van der Waals surface area contributed by atoms with Crippen LogP contribution in [0.5, 0.6) is 11.5 Å². The van der Waals surface area contributed by atoms with Crippen molar-refractivity contribution in [3.05, 3.63) is 59.2 Å². The first-order valence-electron chi connectivity index (χ1n) is 5.89. The summed E-state index contributed by atoms with van der Waals surface area (Å²) in [6, 6.07) is 8.49. The minimum Gasteiger partial charge on any atom is -0.454 e. The third-order valence-electron chi connectivity index (χ3n) is 2.80. The lowest BCUT2D eigenvalue weighted by atomic mass is 10.1. The highest BCUT2D eigenvalue weighted by atomic mass is 19.1. The van der Waals surface area contributed by atoms with E-state index in [2.05, 4.69) is 0 Å². The molecule has 0 heterocycles. The largest absolute Gasteiger partial charge is 0.454 e. The smallest absolute Gasteiger partial charge is 0.168 e. The van der Waals surface area contributed by atoms with Crippen LogP contribution in [0, 0.1) is 18.6 Å². The lowest BCUT2D eigenvalue weighted by Crippen LogP contribution is -1.99. The van der Waals surface area contributed by atoms with Gasteiger partial charge in [0.05, 0.1) is 6.10 Å². The van der Waals surface area contributed by atoms with Gasteiger partial charge in [-0.1, -0.05) is 12.1 Å². The average molecular weight is 264 g/mol. The molecule has 0 aliphatic carbocycles. The highest BCUT2D eigenvalue weighted by molar-refractivity contribution is 5.41. The summed E-state index contributed by atoms with van der Waals surface area (Å²) >= 11 is 0. The van der Waals surface area contributed by atoms with E-state index >= 15 is 0 Å². The number of para-hydroxylation sites is 1. The number of aliphatic hydroxyl groups is 1. The summed E-state index contributed by atoms with van der Waals surface area (Å²) in [7, 11) is 0. The molecule has 100 valence electrons. The molecule has 19 heavy (non-hydrogen) atoms. The van der Waals surface area contributed by atoms with Crippen LogP contribution in [-0.4, -0.2) is 5.11 Å². The first-order chi connectivity index (χ1) is 8.99. The number of benzene rings is 2. The fraction of sp³-hybridized carbons (Fsp3) is 0.200. The Morgan fingerprint density at radius 3 is 2.47 bits per heavy atom. The van der Waals surface area contributed by atoms with Crippen molar-refractivity contribution in [1.29, 1.82) is 0 Å². The van der Waals surface area contributed by atoms with Crippen LogP contribution in [0.15, 0.2) is 36.4 Å². The predicted molar refractivity (Wildman–Crippen MR) is 68.2 cm³/mol. The van der Waals surface area contributed by atoms with Gasteiger partial charge in [0.15, 0.2) is 11.6 Å². The highest BCUT2D eigenvalue weighted by Gasteiger charge is 2.15. The van der Waals surface area contributed by atoms with Crippen molar-refractivity contribution in [2.45, 2.75) is 20.0 Å². The highest BCUT2D eigenvalue weighted by Crippen LogP contribution is 2.32. The van der Waals surface area contributed by atoms with Crippen molar-refractivity contribution in [3.63, 3.8) is 0 Å². The Hall–Kier alpha value is -1.94. The number of hydrogen-bond acceptors (Lipinski definition) is 2. The number of hydrogen-bond donors (Lipinski definition) is 1. The van der Waals surface area contributed by atoms with Gasteiger partial charge in [0, 0.05) is 5.56 Å². The lowest BCUT2D eigenvalue weighted by molar-refractivity contribution is 0.194. The van der Waals surface area contributed by atoms with Crippen LogP contribution >= 0.6 is 0 Å². The van der Waals surface area contributed by atoms with Crippen LogP contribution < -0.4 is 4.74 Å². The predicted octanol–water partition coefficient (Wildman–Crippen LogP) is 4.12. The minimum atomic E-state index is -0.854. The van der Waals surface area contributed by atoms with Gasteiger partial charge in [0.25, 0.3) is 0 Å². The normalized spacial score (nSPS) is 12.3. The zero-order chi connectivity index (χ0) is 14.0. The molecule has 0 fully saturated rings. The Bertz CT molecular complexity index is 595. The molecule has 2 nitrogen and oxygen atoms in total. The van der Waals surface area contributed by atoms with E-state index in [1.807, 2.05) is 0 Å². The molecule has 1 N–H and O–H groups in total. The van der Waals surface area contributed by atoms with Gasteiger partial charge in [-0.25, -0.2) is 8.78 Å². The molecule has 0 radical (unpaired) electrons. The Morgan fingerprint density at radius 1 is 1.11 bits per heavy atom. The van der Waals surface area contributed by atoms with Crippen molar-refractivity contribution in [3.8, 4) is 11.5 Å². The van der Waals surface area contributed by atoms with Crippen molar-refractivity contribution in [1.82, 2.24) is 0 Å². The van der Waals surface area contributed by atoms with Crippen molar-refractivity contribution >= 4 is 0 Å². The number of aliphatic hydroxyl groups excluding tert-OH is 1. The van der Waals surface area contributed by atoms with Crippen LogP contribution in [0.4, 0.5) is 8.78 Å². The Labute approximate surface area is 110 Å². The van der Waals surface area contributed by atoms with Crippen LogP contribution in [0.25, 0.3) is 0 Å². The Kier molecular flexibility index (Phi) is 3.81. The van der Waals surface area contributed by atoms with Gasteiger partial charge >= 0.3 is 0 Å². The molecule has 0 bridgehead atoms. The molecular formula is C15H14F2O2. The fourth-order valence-electron chi connectivity index (χ4n) is 1.76. The van der Waals surface area contributed by atoms with Gasteiger partial charge in [0.1, 0.15) is 11.6 Å². The topological polar surface area (TPSA) is 29.5 Å². The number of aryl methyl sites for hydroxylation is 1. The second-order valence-corrected chi connectivity index (χ2v) is 4.35. The van der Waals surface area contributed by atoms with Crippen molar-refractivity contribution in [2.24, 2.45) is 0 Å². The van der Waals surface area contributed by atoms with Crippen molar-refractivity contribution in [2.75, 3.05) is 0 Å². The molecule has 0 aliphatic rings. The lowest BCUT2D eigenvalue weighted by Gasteiger charge is -2.14. The molecule has 0 aliphatic heterocycles. The summed E-state index contributed by atoms with van der Waals surface area (Å²) in [5.74, 6) is -0.633. The van der Waals surface area contributed by atoms with Gasteiger partial charge in [-0.15, -0.1) is 0 Å². The third-order valence-corrected chi connectivity index (χ3v) is 2.80. The van der Waals surface area contributed by atoms with Gasteiger partial charge in [-0.2, -0.15) is 0 Å². The van der Waals surface area contributed by atoms with Gasteiger partial charge in [-0.05, 0) is 43.7 Å². The first kappa shape index (κ1) is 13.5. The molecule has 2 aromatic rings. The zero-order valence-corrected chi connectivity index (χ0v) is 10.7. The van der Waals surface area contributed by atoms with E-state index in [9.17, 15) is 13.9 Å². The summed E-state index contributed by atoms with van der Waals surface area (Å²) in [6.07, 6.45) is -0.854. The summed E-state index contributed by atoms with van der Waals surface area (Å²) in [5.41, 5.74) is 0.759. The molecule has 0 saturated heterocycles. The van der Waals surface area contributed by atoms with Crippen LogP contribution in [0.3, 0.4) is 0 Å². The van der Waals surface area contributed by atoms with Gasteiger partial charge in [0.2, 0.25) is 0 Å². The molecule has 0 spiro atoms. The average Bonchev–Trinajstić information content (AvgIpc) is 2.36. The number of ether oxygens (including phenoxy) is 1. The third kappa shape index (κ3) is 2.90. The van der Waals surface area contributed by atoms with Crippen LogP contribution in [-0.2, 0) is 0 Å². The van der Waals surface area contributed by atoms with E-state index in [0.29, 0.717) is 16.9 Å². The fourth-order valence-corrected chi connectivity index (χ4v) is 1.76. The first-order valence-corrected chi connectivity index (χ1v) is 5.89. The molecule has 4 heteroatoms. The van der Waals surface area contributed by atoms with E-state index in [1.165, 1.54) is 37.3 Å². The summed E-state index contributed by atoms with van der Waals surface area (Å²) in [4.78, 5) is 0. The molecule has 0 aromatic heterocycles. The molecule has 2 aromatic carbocycles. The molecule has 2 rings (SSSR count). The second-order valence-electron chi connectivity index (χ2n) is 4.35. The quantitative estimate of drug-likeness (QED) is 0.903. The SMILES string of the molecule is Cc1cc(Oc2c(F)cccc2C(C)O)ccc1F. The maximum absolute atomic E-state index is 13.8. The van der Waals surface area contributed by atoms with E-state index in [-0.39, 0.29) is 11.6 Å². The standard InChI is InChI=1S/C15H14F2O2/c1-9-8-11(6-7-13(9)16)19-15-12(10(2)18)4-3-5-14(15)17/h3-8,10,18H,1-2H3. The van der Waals surface area contributed by atoms with E-state index in [1.54, 1.807) is 13.0 Å². The Morgan fingerprint density at radius 2 is 1.84 bits per heavy atom. The number of halogens is 2.